The van der Waals surface area contributed by atoms with Crippen LogP contribution in [0.5, 0.6) is 0 Å². The van der Waals surface area contributed by atoms with Gasteiger partial charge in [0.05, 0.1) is 0 Å². The molecule has 0 heterocycles. The normalized spacial score (nSPS) is 20.2. The zero-order valence-electron chi connectivity index (χ0n) is 8.60. The van der Waals surface area contributed by atoms with Gasteiger partial charge in [-0.1, -0.05) is 41.3 Å². The van der Waals surface area contributed by atoms with Crippen molar-refractivity contribution < 1.29 is 4.39 Å². The summed E-state index contributed by atoms with van der Waals surface area (Å²) in [6, 6.07) is 4.80. The molecule has 2 rings (SSSR count). The fourth-order valence-electron chi connectivity index (χ4n) is 2.35. The molecule has 0 bridgehead atoms. The summed E-state index contributed by atoms with van der Waals surface area (Å²) in [6.07, 6.45) is 5.59. The summed E-state index contributed by atoms with van der Waals surface area (Å²) in [5.41, 5.74) is 7.16. The van der Waals surface area contributed by atoms with Gasteiger partial charge in [-0.25, -0.2) is 4.39 Å². The molecule has 1 fully saturated rings. The Balaban J connectivity index is 2.35. The molecule has 1 aromatic carbocycles. The highest BCUT2D eigenvalue weighted by Gasteiger charge is 2.30. The Bertz CT molecular complexity index is 359. The highest BCUT2D eigenvalue weighted by molar-refractivity contribution is 9.10. The van der Waals surface area contributed by atoms with E-state index in [0.29, 0.717) is 0 Å². The summed E-state index contributed by atoms with van der Waals surface area (Å²) in [5.74, 6) is -0.218. The number of hydrogen-bond acceptors (Lipinski definition) is 1. The van der Waals surface area contributed by atoms with E-state index in [1.807, 2.05) is 6.07 Å². The quantitative estimate of drug-likeness (QED) is 0.828. The summed E-state index contributed by atoms with van der Waals surface area (Å²) in [5, 5.41) is 0. The van der Waals surface area contributed by atoms with Crippen molar-refractivity contribution in [3.63, 3.8) is 0 Å². The third-order valence-electron chi connectivity index (χ3n) is 3.21. The lowest BCUT2D eigenvalue weighted by Crippen LogP contribution is -2.38. The highest BCUT2D eigenvalue weighted by atomic mass is 79.9. The number of benzene rings is 1. The molecule has 1 nitrogen and oxygen atoms in total. The van der Waals surface area contributed by atoms with Crippen molar-refractivity contribution in [3.8, 4) is 0 Å². The van der Waals surface area contributed by atoms with Crippen LogP contribution >= 0.6 is 15.9 Å². The molecule has 0 atom stereocenters. The van der Waals surface area contributed by atoms with Crippen LogP contribution in [-0.4, -0.2) is 0 Å². The largest absolute Gasteiger partial charge is 0.321 e. The second kappa shape index (κ2) is 4.22. The molecule has 2 N–H and O–H groups in total. The van der Waals surface area contributed by atoms with E-state index in [9.17, 15) is 4.39 Å². The summed E-state index contributed by atoms with van der Waals surface area (Å²) in [7, 11) is 0. The molecule has 82 valence electrons. The molecule has 0 aromatic heterocycles. The molecule has 1 aliphatic rings. The van der Waals surface area contributed by atoms with E-state index >= 15 is 0 Å². The average molecular weight is 272 g/mol. The van der Waals surface area contributed by atoms with Gasteiger partial charge in [0.15, 0.2) is 0 Å². The van der Waals surface area contributed by atoms with E-state index in [4.69, 9.17) is 5.73 Å². The van der Waals surface area contributed by atoms with Crippen molar-refractivity contribution in [2.24, 2.45) is 5.73 Å². The Kier molecular flexibility index (Phi) is 3.12. The van der Waals surface area contributed by atoms with E-state index in [0.717, 1.165) is 22.9 Å². The maximum atomic E-state index is 13.0. The van der Waals surface area contributed by atoms with Crippen LogP contribution < -0.4 is 5.73 Å². The number of hydrogen-bond donors (Lipinski definition) is 1. The van der Waals surface area contributed by atoms with E-state index in [2.05, 4.69) is 15.9 Å². The lowest BCUT2D eigenvalue weighted by Gasteiger charge is -2.34. The molecule has 0 unspecified atom stereocenters. The SMILES string of the molecule is NC1(c2ccc(F)cc2Br)CCCCC1. The molecule has 1 saturated carbocycles. The average Bonchev–Trinajstić information content (AvgIpc) is 2.18. The lowest BCUT2D eigenvalue weighted by atomic mass is 9.77. The van der Waals surface area contributed by atoms with Gasteiger partial charge in [0.2, 0.25) is 0 Å². The zero-order chi connectivity index (χ0) is 10.9. The van der Waals surface area contributed by atoms with Crippen LogP contribution in [0.3, 0.4) is 0 Å². The van der Waals surface area contributed by atoms with Crippen LogP contribution in [0.15, 0.2) is 22.7 Å². The second-order valence-electron chi connectivity index (χ2n) is 4.34. The predicted molar refractivity (Wildman–Crippen MR) is 63.1 cm³/mol. The van der Waals surface area contributed by atoms with Gasteiger partial charge >= 0.3 is 0 Å². The second-order valence-corrected chi connectivity index (χ2v) is 5.20. The maximum absolute atomic E-state index is 13.0. The fraction of sp³-hybridized carbons (Fsp3) is 0.500. The molecule has 3 heteroatoms. The van der Waals surface area contributed by atoms with E-state index in [1.54, 1.807) is 0 Å². The maximum Gasteiger partial charge on any atom is 0.124 e. The van der Waals surface area contributed by atoms with Gasteiger partial charge in [-0.3, -0.25) is 0 Å². The lowest BCUT2D eigenvalue weighted by molar-refractivity contribution is 0.301. The first-order chi connectivity index (χ1) is 7.12. The first-order valence-electron chi connectivity index (χ1n) is 5.36. The predicted octanol–water partition coefficient (Wildman–Crippen LogP) is 3.71. The van der Waals surface area contributed by atoms with Crippen LogP contribution in [-0.2, 0) is 5.54 Å². The highest BCUT2D eigenvalue weighted by Crippen LogP contribution is 2.38. The summed E-state index contributed by atoms with van der Waals surface area (Å²) in [4.78, 5) is 0. The van der Waals surface area contributed by atoms with Crippen LogP contribution in [0.25, 0.3) is 0 Å². The molecule has 1 aliphatic carbocycles. The third-order valence-corrected chi connectivity index (χ3v) is 3.87. The molecular weight excluding hydrogens is 257 g/mol. The van der Waals surface area contributed by atoms with Crippen molar-refractivity contribution in [1.29, 1.82) is 0 Å². The molecular formula is C12H15BrFN. The molecule has 0 radical (unpaired) electrons. The zero-order valence-corrected chi connectivity index (χ0v) is 10.2. The van der Waals surface area contributed by atoms with Crippen LogP contribution in [0.2, 0.25) is 0 Å². The van der Waals surface area contributed by atoms with Crippen LogP contribution in [0.1, 0.15) is 37.7 Å². The molecule has 15 heavy (non-hydrogen) atoms. The number of rotatable bonds is 1. The van der Waals surface area contributed by atoms with Crippen molar-refractivity contribution in [1.82, 2.24) is 0 Å². The van der Waals surface area contributed by atoms with Gasteiger partial charge in [-0.2, -0.15) is 0 Å². The van der Waals surface area contributed by atoms with Gasteiger partial charge in [0, 0.05) is 10.0 Å². The number of halogens is 2. The Morgan fingerprint density at radius 1 is 1.20 bits per heavy atom. The molecule has 0 aliphatic heterocycles. The Morgan fingerprint density at radius 3 is 2.47 bits per heavy atom. The Labute approximate surface area is 98.0 Å². The van der Waals surface area contributed by atoms with Crippen LogP contribution in [0, 0.1) is 5.82 Å². The van der Waals surface area contributed by atoms with Gasteiger partial charge in [0.1, 0.15) is 5.82 Å². The minimum atomic E-state index is -0.259. The smallest absolute Gasteiger partial charge is 0.124 e. The standard InChI is InChI=1S/C12H15BrFN/c13-11-8-9(14)4-5-10(11)12(15)6-2-1-3-7-12/h4-5,8H,1-3,6-7,15H2. The topological polar surface area (TPSA) is 26.0 Å². The van der Waals surface area contributed by atoms with E-state index in [-0.39, 0.29) is 11.4 Å². The van der Waals surface area contributed by atoms with Gasteiger partial charge < -0.3 is 5.73 Å². The van der Waals surface area contributed by atoms with Gasteiger partial charge in [-0.15, -0.1) is 0 Å². The summed E-state index contributed by atoms with van der Waals surface area (Å²) in [6.45, 7) is 0. The molecule has 0 amide bonds. The van der Waals surface area contributed by atoms with E-state index in [1.165, 1.54) is 31.4 Å². The van der Waals surface area contributed by atoms with Crippen molar-refractivity contribution in [2.45, 2.75) is 37.6 Å². The fourth-order valence-corrected chi connectivity index (χ4v) is 3.09. The van der Waals surface area contributed by atoms with E-state index < -0.39 is 0 Å². The third kappa shape index (κ3) is 2.23. The first kappa shape index (κ1) is 11.1. The van der Waals surface area contributed by atoms with Crippen molar-refractivity contribution >= 4 is 15.9 Å². The number of nitrogens with two attached hydrogens (primary N) is 1. The molecule has 0 spiro atoms. The Morgan fingerprint density at radius 2 is 1.87 bits per heavy atom. The van der Waals surface area contributed by atoms with Crippen molar-refractivity contribution in [2.75, 3.05) is 0 Å². The summed E-state index contributed by atoms with van der Waals surface area (Å²) < 4.78 is 13.8. The molecule has 0 saturated heterocycles. The van der Waals surface area contributed by atoms with Gasteiger partial charge in [-0.05, 0) is 30.5 Å². The minimum absolute atomic E-state index is 0.218. The van der Waals surface area contributed by atoms with Crippen LogP contribution in [0.4, 0.5) is 4.39 Å². The minimum Gasteiger partial charge on any atom is -0.321 e. The molecule has 1 aromatic rings. The summed E-state index contributed by atoms with van der Waals surface area (Å²) >= 11 is 3.40. The first-order valence-corrected chi connectivity index (χ1v) is 6.15. The monoisotopic (exact) mass is 271 g/mol. The van der Waals surface area contributed by atoms with Crippen molar-refractivity contribution in [3.05, 3.63) is 34.1 Å². The Hall–Kier alpha value is -0.410. The van der Waals surface area contributed by atoms with Gasteiger partial charge in [0.25, 0.3) is 0 Å².